The predicted octanol–water partition coefficient (Wildman–Crippen LogP) is 2.75. The summed E-state index contributed by atoms with van der Waals surface area (Å²) in [6.07, 6.45) is 0. The average molecular weight is 283 g/mol. The molecule has 1 aromatic rings. The zero-order valence-corrected chi connectivity index (χ0v) is 11.0. The second-order valence-corrected chi connectivity index (χ2v) is 5.34. The molecular formula is C12H15BrN2O. The van der Waals surface area contributed by atoms with Gasteiger partial charge in [-0.2, -0.15) is 5.26 Å². The smallest absolute Gasteiger partial charge is 0.0992 e. The Labute approximate surface area is 104 Å². The molecule has 1 aromatic carbocycles. The van der Waals surface area contributed by atoms with Gasteiger partial charge in [-0.25, -0.2) is 0 Å². The molecule has 0 unspecified atom stereocenters. The summed E-state index contributed by atoms with van der Waals surface area (Å²) in [5.41, 5.74) is 1.40. The maximum Gasteiger partial charge on any atom is 0.0992 e. The molecular weight excluding hydrogens is 268 g/mol. The first-order valence-corrected chi connectivity index (χ1v) is 5.82. The Bertz CT molecular complexity index is 410. The molecule has 0 bridgehead atoms. The van der Waals surface area contributed by atoms with Gasteiger partial charge in [0, 0.05) is 28.7 Å². The standard InChI is InChI=1S/C12H15BrN2O/c1-12(2,8-16)7-15-11-4-3-9(6-14)5-10(11)13/h3-5,15-16H,7-8H2,1-2H3. The van der Waals surface area contributed by atoms with Crippen LogP contribution in [-0.2, 0) is 0 Å². The zero-order valence-electron chi connectivity index (χ0n) is 9.42. The van der Waals surface area contributed by atoms with Crippen LogP contribution in [0.3, 0.4) is 0 Å². The molecule has 0 aliphatic rings. The second kappa shape index (κ2) is 5.33. The Hall–Kier alpha value is -1.05. The summed E-state index contributed by atoms with van der Waals surface area (Å²) >= 11 is 3.40. The third-order valence-corrected chi connectivity index (χ3v) is 2.94. The summed E-state index contributed by atoms with van der Waals surface area (Å²) in [7, 11) is 0. The minimum absolute atomic E-state index is 0.133. The van der Waals surface area contributed by atoms with E-state index in [2.05, 4.69) is 27.3 Å². The van der Waals surface area contributed by atoms with Crippen molar-refractivity contribution in [3.8, 4) is 6.07 Å². The largest absolute Gasteiger partial charge is 0.396 e. The molecule has 0 aliphatic carbocycles. The number of rotatable bonds is 4. The summed E-state index contributed by atoms with van der Waals surface area (Å²) in [5.74, 6) is 0. The van der Waals surface area contributed by atoms with Gasteiger partial charge in [0.1, 0.15) is 0 Å². The topological polar surface area (TPSA) is 56.0 Å². The molecule has 0 saturated heterocycles. The van der Waals surface area contributed by atoms with Crippen LogP contribution in [0.2, 0.25) is 0 Å². The molecule has 86 valence electrons. The molecule has 2 N–H and O–H groups in total. The molecule has 3 nitrogen and oxygen atoms in total. The third kappa shape index (κ3) is 3.51. The van der Waals surface area contributed by atoms with E-state index < -0.39 is 0 Å². The lowest BCUT2D eigenvalue weighted by atomic mass is 9.95. The highest BCUT2D eigenvalue weighted by Gasteiger charge is 2.16. The summed E-state index contributed by atoms with van der Waals surface area (Å²) in [6, 6.07) is 7.47. The van der Waals surface area contributed by atoms with Crippen LogP contribution in [0.4, 0.5) is 5.69 Å². The molecule has 0 atom stereocenters. The number of hydrogen-bond donors (Lipinski definition) is 2. The molecule has 1 rings (SSSR count). The Balaban J connectivity index is 2.73. The highest BCUT2D eigenvalue weighted by atomic mass is 79.9. The van der Waals surface area contributed by atoms with E-state index >= 15 is 0 Å². The lowest BCUT2D eigenvalue weighted by Crippen LogP contribution is -2.26. The van der Waals surface area contributed by atoms with Crippen molar-refractivity contribution < 1.29 is 5.11 Å². The van der Waals surface area contributed by atoms with Crippen molar-refractivity contribution in [2.75, 3.05) is 18.5 Å². The minimum atomic E-state index is -0.159. The van der Waals surface area contributed by atoms with Crippen LogP contribution in [0.5, 0.6) is 0 Å². The Kier molecular flexibility index (Phi) is 4.34. The highest BCUT2D eigenvalue weighted by molar-refractivity contribution is 9.10. The number of anilines is 1. The molecule has 4 heteroatoms. The number of aliphatic hydroxyl groups is 1. The molecule has 0 radical (unpaired) electrons. The quantitative estimate of drug-likeness (QED) is 0.893. The van der Waals surface area contributed by atoms with Crippen molar-refractivity contribution in [3.05, 3.63) is 28.2 Å². The van der Waals surface area contributed by atoms with Crippen LogP contribution in [0, 0.1) is 16.7 Å². The van der Waals surface area contributed by atoms with Crippen molar-refractivity contribution >= 4 is 21.6 Å². The third-order valence-electron chi connectivity index (χ3n) is 2.28. The second-order valence-electron chi connectivity index (χ2n) is 4.48. The summed E-state index contributed by atoms with van der Waals surface area (Å²) in [4.78, 5) is 0. The van der Waals surface area contributed by atoms with Gasteiger partial charge in [0.05, 0.1) is 11.6 Å². The van der Waals surface area contributed by atoms with E-state index in [1.165, 1.54) is 0 Å². The summed E-state index contributed by atoms with van der Waals surface area (Å²) in [5, 5.41) is 21.1. The Morgan fingerprint density at radius 1 is 1.50 bits per heavy atom. The molecule has 0 fully saturated rings. The van der Waals surface area contributed by atoms with Crippen molar-refractivity contribution in [2.24, 2.45) is 5.41 Å². The van der Waals surface area contributed by atoms with Crippen LogP contribution < -0.4 is 5.32 Å². The monoisotopic (exact) mass is 282 g/mol. The van der Waals surface area contributed by atoms with Gasteiger partial charge in [0.2, 0.25) is 0 Å². The Morgan fingerprint density at radius 2 is 2.19 bits per heavy atom. The van der Waals surface area contributed by atoms with Crippen LogP contribution in [0.25, 0.3) is 0 Å². The number of nitrogens with zero attached hydrogens (tertiary/aromatic N) is 1. The van der Waals surface area contributed by atoms with Crippen molar-refractivity contribution in [2.45, 2.75) is 13.8 Å². The van der Waals surface area contributed by atoms with Gasteiger partial charge < -0.3 is 10.4 Å². The van der Waals surface area contributed by atoms with Gasteiger partial charge in [-0.05, 0) is 34.1 Å². The maximum atomic E-state index is 9.13. The molecule has 16 heavy (non-hydrogen) atoms. The van der Waals surface area contributed by atoms with Crippen LogP contribution in [-0.4, -0.2) is 18.3 Å². The van der Waals surface area contributed by atoms with Gasteiger partial charge in [-0.3, -0.25) is 0 Å². The fraction of sp³-hybridized carbons (Fsp3) is 0.417. The van der Waals surface area contributed by atoms with Gasteiger partial charge in [-0.15, -0.1) is 0 Å². The minimum Gasteiger partial charge on any atom is -0.396 e. The van der Waals surface area contributed by atoms with E-state index in [1.54, 1.807) is 12.1 Å². The van der Waals surface area contributed by atoms with E-state index in [1.807, 2.05) is 19.9 Å². The fourth-order valence-corrected chi connectivity index (χ4v) is 1.64. The summed E-state index contributed by atoms with van der Waals surface area (Å²) in [6.45, 7) is 4.77. The fourth-order valence-electron chi connectivity index (χ4n) is 1.12. The average Bonchev–Trinajstić information content (AvgIpc) is 2.27. The maximum absolute atomic E-state index is 9.13. The molecule has 0 spiro atoms. The first-order valence-electron chi connectivity index (χ1n) is 5.03. The molecule has 0 aliphatic heterocycles. The van der Waals surface area contributed by atoms with Gasteiger partial charge in [0.25, 0.3) is 0 Å². The molecule has 0 amide bonds. The van der Waals surface area contributed by atoms with E-state index in [0.717, 1.165) is 10.2 Å². The lowest BCUT2D eigenvalue weighted by Gasteiger charge is -2.23. The van der Waals surface area contributed by atoms with Crippen molar-refractivity contribution in [3.63, 3.8) is 0 Å². The van der Waals surface area contributed by atoms with E-state index in [4.69, 9.17) is 10.4 Å². The lowest BCUT2D eigenvalue weighted by molar-refractivity contribution is 0.171. The SMILES string of the molecule is CC(C)(CO)CNc1ccc(C#N)cc1Br. The number of halogens is 1. The highest BCUT2D eigenvalue weighted by Crippen LogP contribution is 2.25. The van der Waals surface area contributed by atoms with Crippen molar-refractivity contribution in [1.82, 2.24) is 0 Å². The first-order chi connectivity index (χ1) is 7.48. The Morgan fingerprint density at radius 3 is 2.69 bits per heavy atom. The summed E-state index contributed by atoms with van der Waals surface area (Å²) < 4.78 is 0.861. The predicted molar refractivity (Wildman–Crippen MR) is 68.2 cm³/mol. The van der Waals surface area contributed by atoms with Gasteiger partial charge in [-0.1, -0.05) is 13.8 Å². The van der Waals surface area contributed by atoms with E-state index in [9.17, 15) is 0 Å². The van der Waals surface area contributed by atoms with Crippen LogP contribution >= 0.6 is 15.9 Å². The number of nitriles is 1. The zero-order chi connectivity index (χ0) is 12.2. The number of nitrogens with one attached hydrogen (secondary N) is 1. The number of benzene rings is 1. The number of aliphatic hydroxyl groups excluding tert-OH is 1. The normalized spacial score (nSPS) is 10.9. The molecule has 0 saturated carbocycles. The van der Waals surface area contributed by atoms with Gasteiger partial charge >= 0.3 is 0 Å². The van der Waals surface area contributed by atoms with Gasteiger partial charge in [0.15, 0.2) is 0 Å². The van der Waals surface area contributed by atoms with Crippen LogP contribution in [0.1, 0.15) is 19.4 Å². The molecule has 0 aromatic heterocycles. The first kappa shape index (κ1) is 13.0. The molecule has 0 heterocycles. The van der Waals surface area contributed by atoms with E-state index in [0.29, 0.717) is 12.1 Å². The van der Waals surface area contributed by atoms with Crippen LogP contribution in [0.15, 0.2) is 22.7 Å². The van der Waals surface area contributed by atoms with E-state index in [-0.39, 0.29) is 12.0 Å². The number of hydrogen-bond acceptors (Lipinski definition) is 3. The van der Waals surface area contributed by atoms with Crippen molar-refractivity contribution in [1.29, 1.82) is 5.26 Å².